The van der Waals surface area contributed by atoms with Crippen LogP contribution in [0.4, 0.5) is 11.4 Å². The first kappa shape index (κ1) is 18.3. The van der Waals surface area contributed by atoms with Crippen molar-refractivity contribution in [1.29, 1.82) is 0 Å². The number of pyridine rings is 2. The minimum absolute atomic E-state index is 0.0791. The molecule has 146 valence electrons. The average Bonchev–Trinajstić information content (AvgIpc) is 2.81. The number of hydrogen-bond acceptors (Lipinski definition) is 3. The molecule has 0 spiro atoms. The van der Waals surface area contributed by atoms with Crippen molar-refractivity contribution >= 4 is 17.3 Å². The van der Waals surface area contributed by atoms with Crippen LogP contribution in [0.25, 0.3) is 0 Å². The number of amides is 1. The predicted molar refractivity (Wildman–Crippen MR) is 118 cm³/mol. The van der Waals surface area contributed by atoms with E-state index in [9.17, 15) is 4.79 Å². The van der Waals surface area contributed by atoms with Crippen LogP contribution in [-0.2, 0) is 23.1 Å². The third-order valence-electron chi connectivity index (χ3n) is 5.84. The van der Waals surface area contributed by atoms with Gasteiger partial charge in [-0.25, -0.2) is 0 Å². The quantitative estimate of drug-likeness (QED) is 0.498. The highest BCUT2D eigenvalue weighted by Crippen LogP contribution is 2.45. The molecule has 2 aromatic heterocycles. The topological polar surface area (TPSA) is 46.1 Å². The smallest absolute Gasteiger partial charge is 0.242 e. The minimum Gasteiger partial charge on any atom is -0.280 e. The molecule has 0 saturated carbocycles. The summed E-state index contributed by atoms with van der Waals surface area (Å²) >= 11 is 0. The van der Waals surface area contributed by atoms with Crippen LogP contribution in [0, 0.1) is 0 Å². The molecular weight excluding hydrogens is 370 g/mol. The van der Waals surface area contributed by atoms with Gasteiger partial charge in [0.1, 0.15) is 0 Å². The molecule has 0 aliphatic carbocycles. The van der Waals surface area contributed by atoms with Gasteiger partial charge in [0.2, 0.25) is 5.91 Å². The lowest BCUT2D eigenvalue weighted by atomic mass is 9.68. The number of fused-ring (bicyclic) bond motifs is 1. The van der Waals surface area contributed by atoms with Crippen molar-refractivity contribution in [2.45, 2.75) is 18.3 Å². The fourth-order valence-electron chi connectivity index (χ4n) is 4.42. The monoisotopic (exact) mass is 391 g/mol. The van der Waals surface area contributed by atoms with Crippen molar-refractivity contribution in [2.24, 2.45) is 0 Å². The van der Waals surface area contributed by atoms with E-state index in [-0.39, 0.29) is 5.91 Å². The molecule has 1 atom stereocenters. The van der Waals surface area contributed by atoms with E-state index < -0.39 is 5.41 Å². The zero-order valence-electron chi connectivity index (χ0n) is 16.5. The Morgan fingerprint density at radius 2 is 1.40 bits per heavy atom. The van der Waals surface area contributed by atoms with Gasteiger partial charge in [0.25, 0.3) is 0 Å². The number of carbonyl (C=O) groups excluding carboxylic acids is 1. The van der Waals surface area contributed by atoms with E-state index in [1.165, 1.54) is 0 Å². The largest absolute Gasteiger partial charge is 0.280 e. The highest BCUT2D eigenvalue weighted by atomic mass is 16.2. The molecular formula is C26H21N3O. The van der Waals surface area contributed by atoms with Crippen LogP contribution in [0.15, 0.2) is 104 Å². The van der Waals surface area contributed by atoms with Crippen molar-refractivity contribution in [3.05, 3.63) is 120 Å². The second kappa shape index (κ2) is 7.56. The molecule has 0 N–H and O–H groups in total. The molecule has 30 heavy (non-hydrogen) atoms. The Hall–Kier alpha value is -3.79. The summed E-state index contributed by atoms with van der Waals surface area (Å²) in [5.74, 6) is 0.0791. The zero-order valence-corrected chi connectivity index (χ0v) is 16.5. The molecule has 1 aliphatic rings. The molecule has 0 bridgehead atoms. The Labute approximate surface area is 175 Å². The fraction of sp³-hybridized carbons (Fsp3) is 0.115. The first-order valence-corrected chi connectivity index (χ1v) is 10.0. The van der Waals surface area contributed by atoms with Gasteiger partial charge in [0.15, 0.2) is 0 Å². The third kappa shape index (κ3) is 3.07. The number of anilines is 2. The van der Waals surface area contributed by atoms with Crippen LogP contribution < -0.4 is 4.90 Å². The summed E-state index contributed by atoms with van der Waals surface area (Å²) in [6, 6.07) is 26.0. The molecule has 4 aromatic rings. The normalized spacial score (nSPS) is 18.1. The molecule has 4 nitrogen and oxygen atoms in total. The van der Waals surface area contributed by atoms with Crippen LogP contribution in [0.2, 0.25) is 0 Å². The van der Waals surface area contributed by atoms with Crippen LogP contribution in [-0.4, -0.2) is 15.9 Å². The van der Waals surface area contributed by atoms with Crippen LogP contribution >= 0.6 is 0 Å². The maximum atomic E-state index is 14.3. The number of benzene rings is 2. The summed E-state index contributed by atoms with van der Waals surface area (Å²) in [4.78, 5) is 24.5. The summed E-state index contributed by atoms with van der Waals surface area (Å²) < 4.78 is 0. The lowest BCUT2D eigenvalue weighted by Crippen LogP contribution is -2.51. The standard InChI is InChI=1S/C26H21N3O/c30-25-26(22-12-16-28-17-13-22,18-20-10-14-27-15-11-20)19-21-6-4-5-9-24(21)29(25)23-7-2-1-3-8-23/h1-17H,18-19H2. The van der Waals surface area contributed by atoms with E-state index in [2.05, 4.69) is 16.0 Å². The van der Waals surface area contributed by atoms with Crippen LogP contribution in [0.1, 0.15) is 16.7 Å². The van der Waals surface area contributed by atoms with Gasteiger partial charge in [0, 0.05) is 30.5 Å². The van der Waals surface area contributed by atoms with E-state index in [1.54, 1.807) is 24.8 Å². The summed E-state index contributed by atoms with van der Waals surface area (Å²) in [7, 11) is 0. The molecule has 0 saturated heterocycles. The van der Waals surface area contributed by atoms with E-state index in [0.29, 0.717) is 12.8 Å². The van der Waals surface area contributed by atoms with Gasteiger partial charge in [-0.2, -0.15) is 0 Å². The second-order valence-corrected chi connectivity index (χ2v) is 7.63. The summed E-state index contributed by atoms with van der Waals surface area (Å²) in [5.41, 5.74) is 4.33. The highest BCUT2D eigenvalue weighted by molar-refractivity contribution is 6.09. The molecule has 1 unspecified atom stereocenters. The zero-order chi connectivity index (χ0) is 20.4. The number of rotatable bonds is 4. The Bertz CT molecular complexity index is 1160. The third-order valence-corrected chi connectivity index (χ3v) is 5.84. The number of aromatic nitrogens is 2. The summed E-state index contributed by atoms with van der Waals surface area (Å²) in [6.45, 7) is 0. The number of nitrogens with zero attached hydrogens (tertiary/aromatic N) is 3. The van der Waals surface area contributed by atoms with Crippen molar-refractivity contribution in [3.63, 3.8) is 0 Å². The lowest BCUT2D eigenvalue weighted by molar-refractivity contribution is -0.123. The lowest BCUT2D eigenvalue weighted by Gasteiger charge is -2.43. The van der Waals surface area contributed by atoms with Gasteiger partial charge in [-0.3, -0.25) is 19.7 Å². The SMILES string of the molecule is O=C1N(c2ccccc2)c2ccccc2CC1(Cc1ccncc1)c1ccncc1. The number of para-hydroxylation sites is 2. The van der Waals surface area contributed by atoms with Gasteiger partial charge in [-0.05, 0) is 72.0 Å². The Morgan fingerprint density at radius 1 is 0.767 bits per heavy atom. The first-order valence-electron chi connectivity index (χ1n) is 10.0. The average molecular weight is 391 g/mol. The van der Waals surface area contributed by atoms with Crippen molar-refractivity contribution < 1.29 is 4.79 Å². The predicted octanol–water partition coefficient (Wildman–Crippen LogP) is 4.88. The summed E-state index contributed by atoms with van der Waals surface area (Å²) in [5, 5.41) is 0. The molecule has 5 rings (SSSR count). The Balaban J connectivity index is 1.73. The van der Waals surface area contributed by atoms with Gasteiger partial charge < -0.3 is 0 Å². The van der Waals surface area contributed by atoms with E-state index >= 15 is 0 Å². The molecule has 3 heterocycles. The first-order chi connectivity index (χ1) is 14.8. The second-order valence-electron chi connectivity index (χ2n) is 7.63. The van der Waals surface area contributed by atoms with Gasteiger partial charge in [-0.15, -0.1) is 0 Å². The van der Waals surface area contributed by atoms with Crippen molar-refractivity contribution in [2.75, 3.05) is 4.90 Å². The molecule has 0 radical (unpaired) electrons. The molecule has 1 aliphatic heterocycles. The Kier molecular flexibility index (Phi) is 4.60. The van der Waals surface area contributed by atoms with Crippen LogP contribution in [0.5, 0.6) is 0 Å². The molecule has 4 heteroatoms. The molecule has 2 aromatic carbocycles. The fourth-order valence-corrected chi connectivity index (χ4v) is 4.42. The van der Waals surface area contributed by atoms with E-state index in [0.717, 1.165) is 28.1 Å². The van der Waals surface area contributed by atoms with Gasteiger partial charge in [-0.1, -0.05) is 36.4 Å². The summed E-state index contributed by atoms with van der Waals surface area (Å²) in [6.07, 6.45) is 8.33. The minimum atomic E-state index is -0.728. The maximum Gasteiger partial charge on any atom is 0.242 e. The molecule has 0 fully saturated rings. The van der Waals surface area contributed by atoms with Gasteiger partial charge in [0.05, 0.1) is 11.1 Å². The van der Waals surface area contributed by atoms with Crippen molar-refractivity contribution in [3.8, 4) is 0 Å². The van der Waals surface area contributed by atoms with E-state index in [4.69, 9.17) is 0 Å². The Morgan fingerprint density at radius 3 is 2.13 bits per heavy atom. The van der Waals surface area contributed by atoms with Gasteiger partial charge >= 0.3 is 0 Å². The van der Waals surface area contributed by atoms with E-state index in [1.807, 2.05) is 77.7 Å². The number of carbonyl (C=O) groups is 1. The van der Waals surface area contributed by atoms with Crippen molar-refractivity contribution in [1.82, 2.24) is 9.97 Å². The maximum absolute atomic E-state index is 14.3. The number of hydrogen-bond donors (Lipinski definition) is 0. The van der Waals surface area contributed by atoms with Crippen LogP contribution in [0.3, 0.4) is 0 Å². The molecule has 1 amide bonds. The highest BCUT2D eigenvalue weighted by Gasteiger charge is 2.47.